The van der Waals surface area contributed by atoms with E-state index >= 15 is 0 Å². The summed E-state index contributed by atoms with van der Waals surface area (Å²) in [7, 11) is 0. The first-order chi connectivity index (χ1) is 9.41. The van der Waals surface area contributed by atoms with Crippen molar-refractivity contribution >= 4 is 0 Å². The average Bonchev–Trinajstić information content (AvgIpc) is 2.33. The van der Waals surface area contributed by atoms with Crippen LogP contribution in [-0.2, 0) is 6.18 Å². The van der Waals surface area contributed by atoms with Crippen LogP contribution in [0.4, 0.5) is 13.2 Å². The molecule has 0 atom stereocenters. The second-order valence-corrected chi connectivity index (χ2v) is 7.05. The predicted molar refractivity (Wildman–Crippen MR) is 78.5 cm³/mol. The molecule has 0 spiro atoms. The third-order valence-corrected chi connectivity index (χ3v) is 2.91. The van der Waals surface area contributed by atoms with Crippen LogP contribution in [0.25, 0.3) is 0 Å². The zero-order valence-electron chi connectivity index (χ0n) is 13.3. The van der Waals surface area contributed by atoms with Crippen molar-refractivity contribution in [1.82, 2.24) is 5.32 Å². The summed E-state index contributed by atoms with van der Waals surface area (Å²) in [5.74, 6) is -0.117. The molecule has 0 aliphatic carbocycles. The van der Waals surface area contributed by atoms with Crippen molar-refractivity contribution in [3.63, 3.8) is 0 Å². The van der Waals surface area contributed by atoms with Crippen molar-refractivity contribution in [2.75, 3.05) is 13.2 Å². The first kappa shape index (κ1) is 17.8. The highest BCUT2D eigenvalue weighted by atomic mass is 19.4. The Bertz CT molecular complexity index is 461. The Morgan fingerprint density at radius 2 is 1.57 bits per heavy atom. The Labute approximate surface area is 124 Å². The maximum Gasteiger partial charge on any atom is 0.419 e. The number of halogens is 3. The molecule has 1 aromatic rings. The lowest BCUT2D eigenvalue weighted by atomic mass is 9.93. The fourth-order valence-electron chi connectivity index (χ4n) is 1.66. The van der Waals surface area contributed by atoms with Gasteiger partial charge >= 0.3 is 6.18 Å². The Balaban J connectivity index is 2.71. The minimum atomic E-state index is -4.40. The lowest BCUT2D eigenvalue weighted by molar-refractivity contribution is -0.139. The first-order valence-corrected chi connectivity index (χ1v) is 6.95. The van der Waals surface area contributed by atoms with E-state index in [9.17, 15) is 13.2 Å². The van der Waals surface area contributed by atoms with Gasteiger partial charge in [0, 0.05) is 17.5 Å². The summed E-state index contributed by atoms with van der Waals surface area (Å²) in [5.41, 5.74) is -1.04. The molecule has 1 rings (SSSR count). The van der Waals surface area contributed by atoms with E-state index in [2.05, 4.69) is 5.32 Å². The van der Waals surface area contributed by atoms with Crippen LogP contribution < -0.4 is 10.1 Å². The van der Waals surface area contributed by atoms with Crippen LogP contribution in [0, 0.1) is 5.41 Å². The van der Waals surface area contributed by atoms with Crippen LogP contribution >= 0.6 is 0 Å². The quantitative estimate of drug-likeness (QED) is 0.865. The monoisotopic (exact) mass is 303 g/mol. The summed E-state index contributed by atoms with van der Waals surface area (Å²) in [6.45, 7) is 10.9. The van der Waals surface area contributed by atoms with Gasteiger partial charge in [0.15, 0.2) is 0 Å². The maximum absolute atomic E-state index is 12.9. The van der Waals surface area contributed by atoms with Crippen molar-refractivity contribution in [2.24, 2.45) is 5.41 Å². The van der Waals surface area contributed by atoms with Gasteiger partial charge in [-0.1, -0.05) is 26.0 Å². The van der Waals surface area contributed by atoms with Crippen molar-refractivity contribution in [2.45, 2.75) is 46.3 Å². The minimum absolute atomic E-state index is 0.0405. The molecule has 0 radical (unpaired) electrons. The summed E-state index contributed by atoms with van der Waals surface area (Å²) in [5, 5.41) is 3.34. The van der Waals surface area contributed by atoms with Gasteiger partial charge in [-0.05, 0) is 32.9 Å². The molecule has 0 aromatic heterocycles. The van der Waals surface area contributed by atoms with Gasteiger partial charge in [-0.3, -0.25) is 0 Å². The van der Waals surface area contributed by atoms with Crippen molar-refractivity contribution in [3.05, 3.63) is 29.8 Å². The molecule has 5 heteroatoms. The molecule has 21 heavy (non-hydrogen) atoms. The smallest absolute Gasteiger partial charge is 0.419 e. The van der Waals surface area contributed by atoms with E-state index in [1.165, 1.54) is 12.1 Å². The molecule has 0 heterocycles. The largest absolute Gasteiger partial charge is 0.492 e. The van der Waals surface area contributed by atoms with Crippen LogP contribution in [0.5, 0.6) is 5.75 Å². The van der Waals surface area contributed by atoms with Gasteiger partial charge in [0.2, 0.25) is 0 Å². The SMILES string of the molecule is CC(C)(CNC(C)(C)C)COc1ccccc1C(F)(F)F. The van der Waals surface area contributed by atoms with E-state index in [1.54, 1.807) is 6.07 Å². The minimum Gasteiger partial charge on any atom is -0.492 e. The molecule has 0 saturated carbocycles. The summed E-state index contributed by atoms with van der Waals surface area (Å²) < 4.78 is 44.1. The molecule has 0 aliphatic rings. The van der Waals surface area contributed by atoms with E-state index < -0.39 is 11.7 Å². The van der Waals surface area contributed by atoms with Gasteiger partial charge in [-0.25, -0.2) is 0 Å². The van der Waals surface area contributed by atoms with Crippen LogP contribution in [0.15, 0.2) is 24.3 Å². The average molecular weight is 303 g/mol. The van der Waals surface area contributed by atoms with Gasteiger partial charge in [0.1, 0.15) is 5.75 Å². The van der Waals surface area contributed by atoms with Crippen LogP contribution in [0.2, 0.25) is 0 Å². The van der Waals surface area contributed by atoms with Gasteiger partial charge in [-0.15, -0.1) is 0 Å². The Kier molecular flexibility index (Phi) is 5.31. The van der Waals surface area contributed by atoms with E-state index in [0.717, 1.165) is 6.07 Å². The maximum atomic E-state index is 12.9. The number of para-hydroxylation sites is 1. The second-order valence-electron chi connectivity index (χ2n) is 7.05. The summed E-state index contributed by atoms with van der Waals surface area (Å²) in [4.78, 5) is 0. The fraction of sp³-hybridized carbons (Fsp3) is 0.625. The van der Waals surface area contributed by atoms with E-state index in [0.29, 0.717) is 6.54 Å². The molecule has 0 unspecified atom stereocenters. The number of rotatable bonds is 5. The highest BCUT2D eigenvalue weighted by molar-refractivity contribution is 5.35. The molecule has 2 nitrogen and oxygen atoms in total. The van der Waals surface area contributed by atoms with Gasteiger partial charge in [-0.2, -0.15) is 13.2 Å². The van der Waals surface area contributed by atoms with Crippen molar-refractivity contribution in [3.8, 4) is 5.75 Å². The third kappa shape index (κ3) is 6.38. The van der Waals surface area contributed by atoms with Gasteiger partial charge in [0.25, 0.3) is 0 Å². The molecule has 1 aromatic carbocycles. The zero-order chi connectivity index (χ0) is 16.3. The van der Waals surface area contributed by atoms with Gasteiger partial charge < -0.3 is 10.1 Å². The molecule has 1 N–H and O–H groups in total. The molecular weight excluding hydrogens is 279 g/mol. The Hall–Kier alpha value is -1.23. The number of nitrogens with one attached hydrogen (secondary N) is 1. The number of ether oxygens (including phenoxy) is 1. The second kappa shape index (κ2) is 6.26. The van der Waals surface area contributed by atoms with Crippen LogP contribution in [0.3, 0.4) is 0 Å². The zero-order valence-corrected chi connectivity index (χ0v) is 13.3. The lowest BCUT2D eigenvalue weighted by Crippen LogP contribution is -2.43. The molecular formula is C16H24F3NO. The summed E-state index contributed by atoms with van der Waals surface area (Å²) >= 11 is 0. The molecule has 0 saturated heterocycles. The van der Waals surface area contributed by atoms with Crippen molar-refractivity contribution < 1.29 is 17.9 Å². The van der Waals surface area contributed by atoms with E-state index in [4.69, 9.17) is 4.74 Å². The highest BCUT2D eigenvalue weighted by Crippen LogP contribution is 2.36. The lowest BCUT2D eigenvalue weighted by Gasteiger charge is -2.30. The molecule has 120 valence electrons. The summed E-state index contributed by atoms with van der Waals surface area (Å²) in [6, 6.07) is 5.30. The Morgan fingerprint density at radius 1 is 1.00 bits per heavy atom. The molecule has 0 bridgehead atoms. The van der Waals surface area contributed by atoms with Gasteiger partial charge in [0.05, 0.1) is 12.2 Å². The third-order valence-electron chi connectivity index (χ3n) is 2.91. The normalized spacial score (nSPS) is 13.3. The first-order valence-electron chi connectivity index (χ1n) is 6.95. The fourth-order valence-corrected chi connectivity index (χ4v) is 1.66. The number of hydrogen-bond acceptors (Lipinski definition) is 2. The van der Waals surface area contributed by atoms with Crippen LogP contribution in [-0.4, -0.2) is 18.7 Å². The number of alkyl halides is 3. The molecule has 0 amide bonds. The molecule has 0 aliphatic heterocycles. The topological polar surface area (TPSA) is 21.3 Å². The number of benzene rings is 1. The summed E-state index contributed by atoms with van der Waals surface area (Å²) in [6.07, 6.45) is -4.40. The molecule has 0 fully saturated rings. The predicted octanol–water partition coefficient (Wildman–Crippen LogP) is 4.50. The standard InChI is InChI=1S/C16H24F3NO/c1-14(2,3)20-10-15(4,5)11-21-13-9-7-6-8-12(13)16(17,18)19/h6-9,20H,10-11H2,1-5H3. The van der Waals surface area contributed by atoms with Crippen LogP contribution in [0.1, 0.15) is 40.2 Å². The Morgan fingerprint density at radius 3 is 2.10 bits per heavy atom. The highest BCUT2D eigenvalue weighted by Gasteiger charge is 2.34. The number of hydrogen-bond donors (Lipinski definition) is 1. The van der Waals surface area contributed by atoms with E-state index in [-0.39, 0.29) is 23.3 Å². The van der Waals surface area contributed by atoms with E-state index in [1.807, 2.05) is 34.6 Å². The van der Waals surface area contributed by atoms with Crippen molar-refractivity contribution in [1.29, 1.82) is 0 Å².